The van der Waals surface area contributed by atoms with E-state index in [-0.39, 0.29) is 23.8 Å². The second-order valence-corrected chi connectivity index (χ2v) is 9.84. The number of carbonyl (C=O) groups is 1. The molecule has 0 radical (unpaired) electrons. The summed E-state index contributed by atoms with van der Waals surface area (Å²) in [6, 6.07) is 22.5. The number of ether oxygens (including phenoxy) is 2. The van der Waals surface area contributed by atoms with Gasteiger partial charge in [0.15, 0.2) is 17.3 Å². The van der Waals surface area contributed by atoms with Gasteiger partial charge in [-0.3, -0.25) is 4.79 Å². The normalized spacial score (nSPS) is 19.1. The van der Waals surface area contributed by atoms with Crippen LogP contribution >= 0.6 is 0 Å². The molecule has 2 aliphatic rings. The summed E-state index contributed by atoms with van der Waals surface area (Å²) in [5, 5.41) is 7.27. The molecule has 3 aromatic rings. The third-order valence-corrected chi connectivity index (χ3v) is 7.05. The molecule has 0 spiro atoms. The smallest absolute Gasteiger partial charge is 0.163 e. The lowest BCUT2D eigenvalue weighted by molar-refractivity contribution is -0.116. The van der Waals surface area contributed by atoms with Crippen molar-refractivity contribution in [3.05, 3.63) is 94.7 Å². The molecule has 5 rings (SSSR count). The number of nitrogens with one attached hydrogen (secondary N) is 2. The Labute approximate surface area is 213 Å². The Hall–Kier alpha value is -3.73. The highest BCUT2D eigenvalue weighted by Crippen LogP contribution is 2.45. The van der Waals surface area contributed by atoms with Crippen molar-refractivity contribution in [2.24, 2.45) is 0 Å². The van der Waals surface area contributed by atoms with E-state index < -0.39 is 0 Å². The van der Waals surface area contributed by atoms with Gasteiger partial charge < -0.3 is 20.1 Å². The van der Waals surface area contributed by atoms with E-state index in [1.165, 1.54) is 11.1 Å². The van der Waals surface area contributed by atoms with Crippen molar-refractivity contribution in [3.63, 3.8) is 0 Å². The maximum absolute atomic E-state index is 13.8. The van der Waals surface area contributed by atoms with Crippen molar-refractivity contribution in [3.8, 4) is 11.5 Å². The summed E-state index contributed by atoms with van der Waals surface area (Å²) in [4.78, 5) is 13.8. The Bertz CT molecular complexity index is 1290. The highest BCUT2D eigenvalue weighted by molar-refractivity contribution is 6.01. The number of methoxy groups -OCH3 is 1. The van der Waals surface area contributed by atoms with Crippen LogP contribution in [0.2, 0.25) is 0 Å². The summed E-state index contributed by atoms with van der Waals surface area (Å²) in [6.07, 6.45) is 2.32. The van der Waals surface area contributed by atoms with E-state index in [0.717, 1.165) is 41.1 Å². The molecule has 36 heavy (non-hydrogen) atoms. The van der Waals surface area contributed by atoms with Crippen molar-refractivity contribution in [2.75, 3.05) is 17.7 Å². The summed E-state index contributed by atoms with van der Waals surface area (Å²) >= 11 is 0. The van der Waals surface area contributed by atoms with Crippen LogP contribution in [0.25, 0.3) is 0 Å². The number of allylic oxidation sites excluding steroid dienone is 1. The fourth-order valence-electron chi connectivity index (χ4n) is 5.22. The van der Waals surface area contributed by atoms with Gasteiger partial charge in [-0.1, -0.05) is 49.4 Å². The topological polar surface area (TPSA) is 59.6 Å². The largest absolute Gasteiger partial charge is 0.493 e. The molecule has 5 heteroatoms. The monoisotopic (exact) mass is 482 g/mol. The van der Waals surface area contributed by atoms with Crippen molar-refractivity contribution in [1.82, 2.24) is 0 Å². The Kier molecular flexibility index (Phi) is 6.73. The fourth-order valence-corrected chi connectivity index (χ4v) is 5.22. The molecular formula is C31H34N2O3. The Morgan fingerprint density at radius 1 is 0.917 bits per heavy atom. The highest BCUT2D eigenvalue weighted by Gasteiger charge is 2.36. The van der Waals surface area contributed by atoms with Crippen molar-refractivity contribution < 1.29 is 14.3 Å². The van der Waals surface area contributed by atoms with Gasteiger partial charge in [-0.25, -0.2) is 0 Å². The molecule has 0 amide bonds. The van der Waals surface area contributed by atoms with Gasteiger partial charge in [-0.15, -0.1) is 0 Å². The van der Waals surface area contributed by atoms with Gasteiger partial charge in [0.2, 0.25) is 0 Å². The molecule has 2 N–H and O–H groups in total. The molecule has 1 aliphatic carbocycles. The second-order valence-electron chi connectivity index (χ2n) is 9.84. The third kappa shape index (κ3) is 4.70. The van der Waals surface area contributed by atoms with E-state index in [2.05, 4.69) is 47.9 Å². The number of hydrogen-bond donors (Lipinski definition) is 2. The average molecular weight is 483 g/mol. The van der Waals surface area contributed by atoms with Crippen molar-refractivity contribution in [1.29, 1.82) is 0 Å². The lowest BCUT2D eigenvalue weighted by atomic mass is 9.78. The van der Waals surface area contributed by atoms with Gasteiger partial charge in [0.25, 0.3) is 0 Å². The minimum absolute atomic E-state index is 0.0365. The van der Waals surface area contributed by atoms with Crippen LogP contribution in [-0.4, -0.2) is 19.0 Å². The van der Waals surface area contributed by atoms with Crippen LogP contribution in [-0.2, 0) is 11.2 Å². The molecule has 0 fully saturated rings. The van der Waals surface area contributed by atoms with Crippen LogP contribution in [0.15, 0.2) is 78.0 Å². The number of benzene rings is 3. The lowest BCUT2D eigenvalue weighted by Crippen LogP contribution is -2.27. The molecule has 2 unspecified atom stereocenters. The predicted octanol–water partition coefficient (Wildman–Crippen LogP) is 7.02. The summed E-state index contributed by atoms with van der Waals surface area (Å²) < 4.78 is 11.6. The number of anilines is 2. The van der Waals surface area contributed by atoms with Crippen LogP contribution in [0.3, 0.4) is 0 Å². The second kappa shape index (κ2) is 10.1. The maximum Gasteiger partial charge on any atom is 0.163 e. The first-order valence-corrected chi connectivity index (χ1v) is 12.8. The van der Waals surface area contributed by atoms with E-state index in [9.17, 15) is 4.79 Å². The SMILES string of the molecule is CCc1ccc(C2CC(=O)C3=C(C2)Nc2ccccc2NC3c2ccc(OC(C)C)c(OC)c2)cc1. The van der Waals surface area contributed by atoms with Gasteiger partial charge in [0, 0.05) is 17.7 Å². The van der Waals surface area contributed by atoms with Gasteiger partial charge >= 0.3 is 0 Å². The van der Waals surface area contributed by atoms with Gasteiger partial charge in [-0.2, -0.15) is 0 Å². The maximum atomic E-state index is 13.8. The number of Topliss-reactive ketones (excluding diaryl/α,β-unsaturated/α-hetero) is 1. The molecule has 1 aliphatic heterocycles. The zero-order valence-electron chi connectivity index (χ0n) is 21.4. The van der Waals surface area contributed by atoms with Gasteiger partial charge in [0.1, 0.15) is 0 Å². The fraction of sp³-hybridized carbons (Fsp3) is 0.323. The number of aryl methyl sites for hydroxylation is 1. The van der Waals surface area contributed by atoms with E-state index in [1.54, 1.807) is 7.11 Å². The zero-order chi connectivity index (χ0) is 25.2. The molecule has 0 saturated carbocycles. The third-order valence-electron chi connectivity index (χ3n) is 7.05. The minimum Gasteiger partial charge on any atom is -0.493 e. The van der Waals surface area contributed by atoms with Crippen LogP contribution in [0.4, 0.5) is 11.4 Å². The number of fused-ring (bicyclic) bond motifs is 1. The molecule has 0 bridgehead atoms. The van der Waals surface area contributed by atoms with Crippen molar-refractivity contribution >= 4 is 17.2 Å². The Balaban J connectivity index is 1.57. The Morgan fingerprint density at radius 2 is 1.64 bits per heavy atom. The first-order valence-electron chi connectivity index (χ1n) is 12.8. The standard InChI is InChI=1S/C31H34N2O3/c1-5-20-10-12-21(13-11-20)23-16-26-30(27(34)17-23)31(33-25-9-7-6-8-24(25)32-26)22-14-15-28(36-19(2)3)29(18-22)35-4/h6-15,18-19,23,31-33H,5,16-17H2,1-4H3. The first-order chi connectivity index (χ1) is 17.5. The molecule has 186 valence electrons. The zero-order valence-corrected chi connectivity index (χ0v) is 21.4. The van der Waals surface area contributed by atoms with E-state index in [0.29, 0.717) is 17.9 Å². The quantitative estimate of drug-likeness (QED) is 0.395. The number of ketones is 1. The van der Waals surface area contributed by atoms with E-state index in [1.807, 2.05) is 50.2 Å². The molecule has 5 nitrogen and oxygen atoms in total. The van der Waals surface area contributed by atoms with Gasteiger partial charge in [-0.05, 0) is 73.6 Å². The highest BCUT2D eigenvalue weighted by atomic mass is 16.5. The van der Waals surface area contributed by atoms with E-state index >= 15 is 0 Å². The minimum atomic E-state index is -0.297. The Morgan fingerprint density at radius 3 is 2.33 bits per heavy atom. The van der Waals surface area contributed by atoms with Crippen molar-refractivity contribution in [2.45, 2.75) is 58.1 Å². The van der Waals surface area contributed by atoms with Crippen LogP contribution in [0.5, 0.6) is 11.5 Å². The summed E-state index contributed by atoms with van der Waals surface area (Å²) in [5.74, 6) is 1.67. The molecule has 0 aromatic heterocycles. The summed E-state index contributed by atoms with van der Waals surface area (Å²) in [5.41, 5.74) is 7.22. The first kappa shape index (κ1) is 24.0. The predicted molar refractivity (Wildman–Crippen MR) is 145 cm³/mol. The summed E-state index contributed by atoms with van der Waals surface area (Å²) in [6.45, 7) is 6.15. The molecule has 1 heterocycles. The number of carbonyl (C=O) groups excluding carboxylic acids is 1. The van der Waals surface area contributed by atoms with Gasteiger partial charge in [0.05, 0.1) is 30.6 Å². The van der Waals surface area contributed by atoms with Crippen LogP contribution in [0.1, 0.15) is 62.3 Å². The van der Waals surface area contributed by atoms with E-state index in [4.69, 9.17) is 9.47 Å². The van der Waals surface area contributed by atoms with Crippen LogP contribution < -0.4 is 20.1 Å². The molecular weight excluding hydrogens is 448 g/mol. The number of para-hydroxylation sites is 2. The molecule has 3 aromatic carbocycles. The average Bonchev–Trinajstić information content (AvgIpc) is 3.05. The lowest BCUT2D eigenvalue weighted by Gasteiger charge is -2.30. The number of rotatable bonds is 6. The molecule has 0 saturated heterocycles. The summed E-state index contributed by atoms with van der Waals surface area (Å²) in [7, 11) is 1.65. The molecule has 2 atom stereocenters. The number of hydrogen-bond acceptors (Lipinski definition) is 5. The van der Waals surface area contributed by atoms with Crippen LogP contribution in [0, 0.1) is 0 Å².